The van der Waals surface area contributed by atoms with Crippen LogP contribution in [0.4, 0.5) is 24.7 Å². The number of hydrogen-bond acceptors (Lipinski definition) is 3. The molecular weight excluding hydrogens is 279 g/mol. The lowest BCUT2D eigenvalue weighted by atomic mass is 10.1. The van der Waals surface area contributed by atoms with Crippen molar-refractivity contribution in [2.24, 2.45) is 0 Å². The van der Waals surface area contributed by atoms with E-state index in [-0.39, 0.29) is 22.2 Å². The van der Waals surface area contributed by atoms with Crippen LogP contribution in [0.5, 0.6) is 0 Å². The number of aryl methyl sites for hydroxylation is 1. The molecule has 1 aromatic heterocycles. The van der Waals surface area contributed by atoms with Crippen LogP contribution >= 0.6 is 11.6 Å². The van der Waals surface area contributed by atoms with E-state index < -0.39 is 11.7 Å². The van der Waals surface area contributed by atoms with Crippen molar-refractivity contribution in [2.45, 2.75) is 13.1 Å². The Morgan fingerprint density at radius 2 is 1.95 bits per heavy atom. The first-order valence-corrected chi connectivity index (χ1v) is 5.66. The van der Waals surface area contributed by atoms with Gasteiger partial charge in [-0.25, -0.2) is 4.98 Å². The van der Waals surface area contributed by atoms with Crippen LogP contribution in [-0.4, -0.2) is 9.97 Å². The second-order valence-corrected chi connectivity index (χ2v) is 4.27. The minimum absolute atomic E-state index is 0.160. The Morgan fingerprint density at radius 3 is 2.58 bits per heavy atom. The first-order chi connectivity index (χ1) is 8.86. The molecule has 2 aromatic rings. The van der Waals surface area contributed by atoms with E-state index >= 15 is 0 Å². The van der Waals surface area contributed by atoms with Gasteiger partial charge in [0, 0.05) is 5.69 Å². The third kappa shape index (κ3) is 3.35. The van der Waals surface area contributed by atoms with Gasteiger partial charge in [-0.1, -0.05) is 17.7 Å². The van der Waals surface area contributed by atoms with Crippen LogP contribution < -0.4 is 5.32 Å². The van der Waals surface area contributed by atoms with Crippen LogP contribution in [0.2, 0.25) is 5.15 Å². The summed E-state index contributed by atoms with van der Waals surface area (Å²) in [4.78, 5) is 7.68. The largest absolute Gasteiger partial charge is 0.416 e. The van der Waals surface area contributed by atoms with E-state index in [2.05, 4.69) is 15.3 Å². The average Bonchev–Trinajstić information content (AvgIpc) is 2.30. The summed E-state index contributed by atoms with van der Waals surface area (Å²) < 4.78 is 38.3. The third-order valence-corrected chi connectivity index (χ3v) is 2.60. The van der Waals surface area contributed by atoms with Gasteiger partial charge in [0.15, 0.2) is 5.82 Å². The summed E-state index contributed by atoms with van der Waals surface area (Å²) >= 11 is 5.65. The normalized spacial score (nSPS) is 11.4. The van der Waals surface area contributed by atoms with E-state index in [0.717, 1.165) is 6.07 Å². The van der Waals surface area contributed by atoms with Gasteiger partial charge in [0.25, 0.3) is 0 Å². The topological polar surface area (TPSA) is 37.8 Å². The van der Waals surface area contributed by atoms with Gasteiger partial charge in [0.1, 0.15) is 5.15 Å². The van der Waals surface area contributed by atoms with E-state index in [1.54, 1.807) is 0 Å². The standard InChI is InChI=1S/C12H9ClF3N3/c1-7-2-3-8(4-9(7)12(14,15)16)18-11-6-17-5-10(13)19-11/h2-6H,1H3,(H,18,19). The monoisotopic (exact) mass is 287 g/mol. The Hall–Kier alpha value is -1.82. The predicted molar refractivity (Wildman–Crippen MR) is 66.5 cm³/mol. The van der Waals surface area contributed by atoms with Crippen LogP contribution in [0.1, 0.15) is 11.1 Å². The van der Waals surface area contributed by atoms with Crippen LogP contribution in [0.3, 0.4) is 0 Å². The van der Waals surface area contributed by atoms with Crippen LogP contribution in [0.25, 0.3) is 0 Å². The van der Waals surface area contributed by atoms with Crippen molar-refractivity contribution >= 4 is 23.1 Å². The van der Waals surface area contributed by atoms with Gasteiger partial charge in [-0.05, 0) is 24.6 Å². The minimum Gasteiger partial charge on any atom is -0.339 e. The molecule has 3 nitrogen and oxygen atoms in total. The van der Waals surface area contributed by atoms with Crippen LogP contribution in [-0.2, 0) is 6.18 Å². The Bertz CT molecular complexity index is 599. The number of anilines is 2. The fourth-order valence-corrected chi connectivity index (χ4v) is 1.70. The summed E-state index contributed by atoms with van der Waals surface area (Å²) in [5.74, 6) is 0.282. The highest BCUT2D eigenvalue weighted by molar-refractivity contribution is 6.29. The van der Waals surface area contributed by atoms with Crippen LogP contribution in [0.15, 0.2) is 30.6 Å². The molecule has 0 radical (unpaired) electrons. The lowest BCUT2D eigenvalue weighted by Gasteiger charge is -2.12. The Labute approximate surface area is 112 Å². The maximum Gasteiger partial charge on any atom is 0.416 e. The maximum atomic E-state index is 12.8. The lowest BCUT2D eigenvalue weighted by Crippen LogP contribution is -2.08. The van der Waals surface area contributed by atoms with Gasteiger partial charge in [-0.2, -0.15) is 13.2 Å². The highest BCUT2D eigenvalue weighted by atomic mass is 35.5. The number of hydrogen-bond donors (Lipinski definition) is 1. The van der Waals surface area contributed by atoms with Crippen molar-refractivity contribution in [1.82, 2.24) is 9.97 Å². The summed E-state index contributed by atoms with van der Waals surface area (Å²) in [5.41, 5.74) is -0.253. The molecule has 19 heavy (non-hydrogen) atoms. The smallest absolute Gasteiger partial charge is 0.339 e. The zero-order chi connectivity index (χ0) is 14.0. The SMILES string of the molecule is Cc1ccc(Nc2cncc(Cl)n2)cc1C(F)(F)F. The first-order valence-electron chi connectivity index (χ1n) is 5.28. The van der Waals surface area contributed by atoms with E-state index in [1.165, 1.54) is 31.5 Å². The van der Waals surface area contributed by atoms with Gasteiger partial charge in [-0.15, -0.1) is 0 Å². The molecule has 0 fully saturated rings. The number of alkyl halides is 3. The zero-order valence-electron chi connectivity index (χ0n) is 9.79. The molecule has 0 unspecified atom stereocenters. The molecule has 0 aliphatic carbocycles. The van der Waals surface area contributed by atoms with Crippen molar-refractivity contribution in [2.75, 3.05) is 5.32 Å². The molecule has 1 aromatic carbocycles. The summed E-state index contributed by atoms with van der Waals surface area (Å²) in [6.07, 6.45) is -1.68. The fourth-order valence-electron chi connectivity index (χ4n) is 1.56. The molecule has 0 spiro atoms. The second-order valence-electron chi connectivity index (χ2n) is 3.88. The van der Waals surface area contributed by atoms with Gasteiger partial charge in [0.2, 0.25) is 0 Å². The Morgan fingerprint density at radius 1 is 1.21 bits per heavy atom. The molecule has 0 aliphatic heterocycles. The third-order valence-electron chi connectivity index (χ3n) is 2.42. The van der Waals surface area contributed by atoms with Gasteiger partial charge >= 0.3 is 6.18 Å². The van der Waals surface area contributed by atoms with E-state index in [9.17, 15) is 13.2 Å². The summed E-state index contributed by atoms with van der Waals surface area (Å²) in [5, 5.41) is 2.89. The van der Waals surface area contributed by atoms with Crippen molar-refractivity contribution in [3.63, 3.8) is 0 Å². The summed E-state index contributed by atoms with van der Waals surface area (Å²) in [6, 6.07) is 3.95. The highest BCUT2D eigenvalue weighted by Gasteiger charge is 2.32. The number of nitrogens with one attached hydrogen (secondary N) is 1. The molecule has 0 saturated carbocycles. The quantitative estimate of drug-likeness (QED) is 0.899. The van der Waals surface area contributed by atoms with Crippen molar-refractivity contribution in [3.05, 3.63) is 46.9 Å². The van der Waals surface area contributed by atoms with Crippen molar-refractivity contribution in [1.29, 1.82) is 0 Å². The van der Waals surface area contributed by atoms with Crippen molar-refractivity contribution in [3.8, 4) is 0 Å². The number of aromatic nitrogens is 2. The molecule has 0 amide bonds. The molecule has 2 rings (SSSR count). The van der Waals surface area contributed by atoms with E-state index in [1.807, 2.05) is 0 Å². The Balaban J connectivity index is 2.32. The molecular formula is C12H9ClF3N3. The van der Waals surface area contributed by atoms with Crippen LogP contribution in [0, 0.1) is 6.92 Å². The Kier molecular flexibility index (Phi) is 3.61. The predicted octanol–water partition coefficient (Wildman–Crippen LogP) is 4.20. The number of rotatable bonds is 2. The molecule has 0 saturated heterocycles. The summed E-state index contributed by atoms with van der Waals surface area (Å²) in [7, 11) is 0. The van der Waals surface area contributed by atoms with Crippen molar-refractivity contribution < 1.29 is 13.2 Å². The second kappa shape index (κ2) is 5.05. The van der Waals surface area contributed by atoms with Gasteiger partial charge in [0.05, 0.1) is 18.0 Å². The lowest BCUT2D eigenvalue weighted by molar-refractivity contribution is -0.138. The number of benzene rings is 1. The molecule has 0 aliphatic rings. The molecule has 100 valence electrons. The highest BCUT2D eigenvalue weighted by Crippen LogP contribution is 2.33. The summed E-state index contributed by atoms with van der Waals surface area (Å²) in [6.45, 7) is 1.41. The molecule has 1 heterocycles. The molecule has 7 heteroatoms. The minimum atomic E-state index is -4.39. The number of halogens is 4. The van der Waals surface area contributed by atoms with Gasteiger partial charge in [-0.3, -0.25) is 4.98 Å². The average molecular weight is 288 g/mol. The zero-order valence-corrected chi connectivity index (χ0v) is 10.5. The molecule has 1 N–H and O–H groups in total. The maximum absolute atomic E-state index is 12.8. The van der Waals surface area contributed by atoms with E-state index in [0.29, 0.717) is 0 Å². The molecule has 0 bridgehead atoms. The van der Waals surface area contributed by atoms with E-state index in [4.69, 9.17) is 11.6 Å². The first kappa shape index (κ1) is 13.6. The number of nitrogens with zero attached hydrogens (tertiary/aromatic N) is 2. The van der Waals surface area contributed by atoms with Gasteiger partial charge < -0.3 is 5.32 Å². The molecule has 0 atom stereocenters. The fraction of sp³-hybridized carbons (Fsp3) is 0.167.